The minimum Gasteiger partial charge on any atom is -0.476 e. The summed E-state index contributed by atoms with van der Waals surface area (Å²) in [6.45, 7) is 1.40. The number of aryl methyl sites for hydroxylation is 1. The number of ether oxygens (including phenoxy) is 1. The molecule has 0 aliphatic rings. The van der Waals surface area contributed by atoms with Crippen molar-refractivity contribution in [2.75, 3.05) is 11.9 Å². The van der Waals surface area contributed by atoms with Crippen LogP contribution in [0.3, 0.4) is 0 Å². The molecule has 0 saturated carbocycles. The Bertz CT molecular complexity index is 2210. The van der Waals surface area contributed by atoms with E-state index in [1.54, 1.807) is 48.5 Å². The van der Waals surface area contributed by atoms with Crippen LogP contribution >= 0.6 is 31.9 Å². The van der Waals surface area contributed by atoms with Crippen molar-refractivity contribution in [2.45, 2.75) is 6.92 Å². The minimum atomic E-state index is -0.628. The fourth-order valence-corrected chi connectivity index (χ4v) is 5.44. The normalized spacial score (nSPS) is 11.4. The van der Waals surface area contributed by atoms with E-state index in [1.165, 1.54) is 18.3 Å². The van der Waals surface area contributed by atoms with Gasteiger partial charge in [-0.25, -0.2) is 4.98 Å². The van der Waals surface area contributed by atoms with Crippen molar-refractivity contribution in [3.05, 3.63) is 125 Å². The van der Waals surface area contributed by atoms with E-state index in [0.29, 0.717) is 26.6 Å². The molecule has 0 bridgehead atoms. The van der Waals surface area contributed by atoms with Gasteiger partial charge in [0.15, 0.2) is 12.4 Å². The number of halogens is 2. The van der Waals surface area contributed by atoms with Crippen molar-refractivity contribution in [3.8, 4) is 17.3 Å². The summed E-state index contributed by atoms with van der Waals surface area (Å²) in [6, 6.07) is 24.0. The highest BCUT2D eigenvalue weighted by molar-refractivity contribution is 9.10. The number of furan rings is 1. The number of nitrogens with zero attached hydrogens (tertiary/aromatic N) is 4. The van der Waals surface area contributed by atoms with Crippen molar-refractivity contribution in [1.29, 1.82) is 0 Å². The van der Waals surface area contributed by atoms with Crippen LogP contribution in [-0.2, 0) is 4.79 Å². The summed E-state index contributed by atoms with van der Waals surface area (Å²) in [5.41, 5.74) is 1.84. The standard InChI is InChI=1S/C32H21Br2N5O6/c1-18-6-9-23(10-7-18)36-29(40)17-44-30-20(13-22(34)15-26(30)39(42)43)16-35-38-31(37-25-5-3-2-4-24(25)32(38)41)28-14-19-12-21(33)8-11-27(19)45-28/h2-16H,17H2,1H3,(H,36,40). The van der Waals surface area contributed by atoms with Gasteiger partial charge in [0, 0.05) is 31.6 Å². The maximum absolute atomic E-state index is 13.7. The van der Waals surface area contributed by atoms with Gasteiger partial charge >= 0.3 is 5.69 Å². The first kappa shape index (κ1) is 29.9. The molecule has 6 rings (SSSR count). The molecule has 2 aromatic heterocycles. The Kier molecular flexibility index (Phi) is 8.28. The van der Waals surface area contributed by atoms with Gasteiger partial charge in [0.05, 0.1) is 22.0 Å². The number of nitro benzene ring substituents is 1. The zero-order valence-electron chi connectivity index (χ0n) is 23.4. The maximum atomic E-state index is 13.7. The number of fused-ring (bicyclic) bond motifs is 2. The van der Waals surface area contributed by atoms with Gasteiger partial charge in [-0.05, 0) is 61.5 Å². The Labute approximate surface area is 271 Å². The fraction of sp³-hybridized carbons (Fsp3) is 0.0625. The molecule has 6 aromatic rings. The number of para-hydroxylation sites is 1. The molecule has 11 nitrogen and oxygen atoms in total. The van der Waals surface area contributed by atoms with Crippen LogP contribution in [0.5, 0.6) is 5.75 Å². The van der Waals surface area contributed by atoms with Gasteiger partial charge in [-0.3, -0.25) is 19.7 Å². The van der Waals surface area contributed by atoms with Crippen LogP contribution in [0, 0.1) is 17.0 Å². The lowest BCUT2D eigenvalue weighted by Crippen LogP contribution is -2.21. The Morgan fingerprint density at radius 3 is 2.62 bits per heavy atom. The van der Waals surface area contributed by atoms with E-state index in [2.05, 4.69) is 47.3 Å². The number of carbonyl (C=O) groups is 1. The molecule has 0 aliphatic carbocycles. The summed E-state index contributed by atoms with van der Waals surface area (Å²) in [6.07, 6.45) is 1.24. The smallest absolute Gasteiger partial charge is 0.312 e. The Balaban J connectivity index is 1.42. The highest BCUT2D eigenvalue weighted by atomic mass is 79.9. The van der Waals surface area contributed by atoms with E-state index in [-0.39, 0.29) is 22.9 Å². The number of rotatable bonds is 8. The van der Waals surface area contributed by atoms with Gasteiger partial charge in [0.1, 0.15) is 5.58 Å². The maximum Gasteiger partial charge on any atom is 0.312 e. The molecule has 2 heterocycles. The van der Waals surface area contributed by atoms with Crippen molar-refractivity contribution < 1.29 is 18.9 Å². The molecule has 1 N–H and O–H groups in total. The third-order valence-corrected chi connectivity index (χ3v) is 7.66. The molecule has 1 amide bonds. The van der Waals surface area contributed by atoms with Gasteiger partial charge in [0.2, 0.25) is 11.6 Å². The van der Waals surface area contributed by atoms with Crippen LogP contribution in [0.25, 0.3) is 33.5 Å². The minimum absolute atomic E-state index is 0.117. The average Bonchev–Trinajstić information content (AvgIpc) is 3.44. The number of anilines is 1. The summed E-state index contributed by atoms with van der Waals surface area (Å²) in [5.74, 6) is -0.324. The molecular weight excluding hydrogens is 710 g/mol. The molecule has 0 fully saturated rings. The molecule has 224 valence electrons. The molecular formula is C32H21Br2N5O6. The van der Waals surface area contributed by atoms with Gasteiger partial charge < -0.3 is 14.5 Å². The average molecular weight is 731 g/mol. The lowest BCUT2D eigenvalue weighted by molar-refractivity contribution is -0.385. The third kappa shape index (κ3) is 6.40. The van der Waals surface area contributed by atoms with E-state index in [9.17, 15) is 19.7 Å². The molecule has 0 unspecified atom stereocenters. The number of nitrogens with one attached hydrogen (secondary N) is 1. The largest absolute Gasteiger partial charge is 0.476 e. The number of aromatic nitrogens is 2. The van der Waals surface area contributed by atoms with Gasteiger partial charge in [0.25, 0.3) is 11.5 Å². The van der Waals surface area contributed by atoms with Gasteiger partial charge in [-0.15, -0.1) is 0 Å². The third-order valence-electron chi connectivity index (χ3n) is 6.71. The Hall–Kier alpha value is -5.14. The van der Waals surface area contributed by atoms with E-state index < -0.39 is 28.7 Å². The number of benzene rings is 4. The predicted octanol–water partition coefficient (Wildman–Crippen LogP) is 7.45. The van der Waals surface area contributed by atoms with E-state index in [0.717, 1.165) is 20.1 Å². The SMILES string of the molecule is Cc1ccc(NC(=O)COc2c(C=Nn3c(-c4cc5cc(Br)ccc5o4)nc4ccccc4c3=O)cc(Br)cc2[N+](=O)[O-])cc1. The fourth-order valence-electron chi connectivity index (χ4n) is 4.59. The van der Waals surface area contributed by atoms with E-state index in [4.69, 9.17) is 9.15 Å². The Morgan fingerprint density at radius 1 is 1.07 bits per heavy atom. The first-order valence-corrected chi connectivity index (χ1v) is 15.0. The zero-order valence-corrected chi connectivity index (χ0v) is 26.5. The lowest BCUT2D eigenvalue weighted by atomic mass is 10.2. The monoisotopic (exact) mass is 729 g/mol. The first-order valence-electron chi connectivity index (χ1n) is 13.4. The molecule has 0 saturated heterocycles. The van der Waals surface area contributed by atoms with E-state index in [1.807, 2.05) is 31.2 Å². The van der Waals surface area contributed by atoms with Crippen LogP contribution in [0.4, 0.5) is 11.4 Å². The number of hydrogen-bond donors (Lipinski definition) is 1. The van der Waals surface area contributed by atoms with Crippen LogP contribution in [0.15, 0.2) is 108 Å². The summed E-state index contributed by atoms with van der Waals surface area (Å²) in [7, 11) is 0. The highest BCUT2D eigenvalue weighted by Gasteiger charge is 2.22. The molecule has 0 spiro atoms. The molecule has 0 atom stereocenters. The van der Waals surface area contributed by atoms with Crippen molar-refractivity contribution in [3.63, 3.8) is 0 Å². The topological polar surface area (TPSA) is 142 Å². The van der Waals surface area contributed by atoms with Crippen LogP contribution in [0.2, 0.25) is 0 Å². The number of carbonyl (C=O) groups excluding carboxylic acids is 1. The van der Waals surface area contributed by atoms with Gasteiger partial charge in [-0.1, -0.05) is 61.7 Å². The van der Waals surface area contributed by atoms with Crippen LogP contribution < -0.4 is 15.6 Å². The quantitative estimate of drug-likeness (QED) is 0.0974. The molecule has 0 aliphatic heterocycles. The van der Waals surface area contributed by atoms with Crippen LogP contribution in [0.1, 0.15) is 11.1 Å². The van der Waals surface area contributed by atoms with Crippen LogP contribution in [-0.4, -0.2) is 33.3 Å². The molecule has 13 heteroatoms. The first-order chi connectivity index (χ1) is 21.7. The zero-order chi connectivity index (χ0) is 31.7. The van der Waals surface area contributed by atoms with Crippen molar-refractivity contribution >= 4 is 77.2 Å². The van der Waals surface area contributed by atoms with E-state index >= 15 is 0 Å². The second-order valence-corrected chi connectivity index (χ2v) is 11.7. The predicted molar refractivity (Wildman–Crippen MR) is 178 cm³/mol. The summed E-state index contributed by atoms with van der Waals surface area (Å²) in [4.78, 5) is 42.4. The van der Waals surface area contributed by atoms with Crippen molar-refractivity contribution in [1.82, 2.24) is 9.66 Å². The molecule has 45 heavy (non-hydrogen) atoms. The second kappa shape index (κ2) is 12.5. The molecule has 0 radical (unpaired) electrons. The summed E-state index contributed by atoms with van der Waals surface area (Å²) >= 11 is 6.75. The van der Waals surface area contributed by atoms with Crippen molar-refractivity contribution in [2.24, 2.45) is 5.10 Å². The molecule has 4 aromatic carbocycles. The lowest BCUT2D eigenvalue weighted by Gasteiger charge is -2.11. The number of nitro groups is 1. The summed E-state index contributed by atoms with van der Waals surface area (Å²) in [5, 5.41) is 20.2. The summed E-state index contributed by atoms with van der Waals surface area (Å²) < 4.78 is 14.0. The Morgan fingerprint density at radius 2 is 1.84 bits per heavy atom. The highest BCUT2D eigenvalue weighted by Crippen LogP contribution is 2.34. The van der Waals surface area contributed by atoms with Gasteiger partial charge in [-0.2, -0.15) is 9.78 Å². The second-order valence-electron chi connectivity index (χ2n) is 9.91. The number of hydrogen-bond acceptors (Lipinski definition) is 8. The number of amides is 1.